The Bertz CT molecular complexity index is 892. The van der Waals surface area contributed by atoms with Crippen molar-refractivity contribution in [1.29, 1.82) is 0 Å². The van der Waals surface area contributed by atoms with E-state index in [1.807, 2.05) is 25.1 Å². The fourth-order valence-electron chi connectivity index (χ4n) is 3.58. The van der Waals surface area contributed by atoms with Gasteiger partial charge in [0.25, 0.3) is 0 Å². The normalized spacial score (nSPS) is 16.9. The topological polar surface area (TPSA) is 70.1 Å². The fourth-order valence-corrected chi connectivity index (χ4v) is 4.43. The summed E-state index contributed by atoms with van der Waals surface area (Å²) in [6.07, 6.45) is 1.34. The first-order valence-electron chi connectivity index (χ1n) is 9.12. The standard InChI is InChI=1S/C20H22N2O4S/c1-13-4-5-17(27-13)14-9-15-11-22(7-8-26-20(15)16(23)10-14)19(25)12-21-6-2-3-18(21)24/h4-5,9-10,23H,2-3,6-8,11-12H2,1H3. The summed E-state index contributed by atoms with van der Waals surface area (Å²) in [7, 11) is 0. The molecule has 142 valence electrons. The number of carbonyl (C=O) groups is 2. The van der Waals surface area contributed by atoms with Gasteiger partial charge in [-0.05, 0) is 43.2 Å². The highest BCUT2D eigenvalue weighted by Gasteiger charge is 2.27. The van der Waals surface area contributed by atoms with E-state index in [9.17, 15) is 14.7 Å². The quantitative estimate of drug-likeness (QED) is 0.881. The third kappa shape index (κ3) is 3.64. The number of benzene rings is 1. The predicted octanol–water partition coefficient (Wildman–Crippen LogP) is 2.77. The first-order chi connectivity index (χ1) is 13.0. The molecule has 2 aliphatic heterocycles. The molecule has 1 N–H and O–H groups in total. The molecule has 1 saturated heterocycles. The van der Waals surface area contributed by atoms with Crippen LogP contribution in [0.2, 0.25) is 0 Å². The van der Waals surface area contributed by atoms with Gasteiger partial charge in [0, 0.05) is 34.8 Å². The molecule has 0 aliphatic carbocycles. The number of amides is 2. The zero-order valence-electron chi connectivity index (χ0n) is 15.2. The first kappa shape index (κ1) is 17.9. The molecule has 1 aromatic heterocycles. The van der Waals surface area contributed by atoms with Gasteiger partial charge in [-0.25, -0.2) is 0 Å². The second-order valence-electron chi connectivity index (χ2n) is 6.98. The smallest absolute Gasteiger partial charge is 0.242 e. The van der Waals surface area contributed by atoms with Crippen molar-refractivity contribution in [2.24, 2.45) is 0 Å². The minimum Gasteiger partial charge on any atom is -0.504 e. The van der Waals surface area contributed by atoms with Gasteiger partial charge in [0.2, 0.25) is 11.8 Å². The molecule has 0 unspecified atom stereocenters. The van der Waals surface area contributed by atoms with E-state index in [-0.39, 0.29) is 24.1 Å². The Hall–Kier alpha value is -2.54. The number of hydrogen-bond donors (Lipinski definition) is 1. The van der Waals surface area contributed by atoms with Crippen LogP contribution >= 0.6 is 11.3 Å². The molecular formula is C20H22N2O4S. The molecule has 27 heavy (non-hydrogen) atoms. The lowest BCUT2D eigenvalue weighted by molar-refractivity contribution is -0.138. The monoisotopic (exact) mass is 386 g/mol. The highest BCUT2D eigenvalue weighted by atomic mass is 32.1. The Labute approximate surface area is 162 Å². The van der Waals surface area contributed by atoms with Gasteiger partial charge in [-0.15, -0.1) is 11.3 Å². The van der Waals surface area contributed by atoms with Crippen LogP contribution in [0.15, 0.2) is 24.3 Å². The van der Waals surface area contributed by atoms with Crippen LogP contribution in [0, 0.1) is 6.92 Å². The van der Waals surface area contributed by atoms with E-state index in [1.165, 1.54) is 4.88 Å². The van der Waals surface area contributed by atoms with E-state index < -0.39 is 0 Å². The molecule has 0 atom stereocenters. The van der Waals surface area contributed by atoms with E-state index in [0.717, 1.165) is 22.4 Å². The summed E-state index contributed by atoms with van der Waals surface area (Å²) in [5, 5.41) is 10.4. The number of nitrogens with zero attached hydrogens (tertiary/aromatic N) is 2. The Kier molecular flexibility index (Phi) is 4.78. The van der Waals surface area contributed by atoms with Crippen molar-refractivity contribution in [3.05, 3.63) is 34.7 Å². The number of thiophene rings is 1. The lowest BCUT2D eigenvalue weighted by Gasteiger charge is -2.23. The molecule has 0 radical (unpaired) electrons. The molecule has 2 aromatic rings. The number of likely N-dealkylation sites (tertiary alicyclic amines) is 1. The van der Waals surface area contributed by atoms with Gasteiger partial charge in [0.05, 0.1) is 13.1 Å². The summed E-state index contributed by atoms with van der Waals surface area (Å²) >= 11 is 1.66. The van der Waals surface area contributed by atoms with Crippen LogP contribution < -0.4 is 4.74 Å². The number of aryl methyl sites for hydroxylation is 1. The second-order valence-corrected chi connectivity index (χ2v) is 8.26. The van der Waals surface area contributed by atoms with Gasteiger partial charge in [-0.1, -0.05) is 0 Å². The van der Waals surface area contributed by atoms with Gasteiger partial charge in [0.15, 0.2) is 11.5 Å². The van der Waals surface area contributed by atoms with Crippen molar-refractivity contribution in [3.8, 4) is 21.9 Å². The fraction of sp³-hybridized carbons (Fsp3) is 0.400. The molecule has 1 fully saturated rings. The molecule has 3 heterocycles. The van der Waals surface area contributed by atoms with E-state index >= 15 is 0 Å². The molecule has 4 rings (SSSR count). The van der Waals surface area contributed by atoms with Crippen LogP contribution in [0.1, 0.15) is 23.3 Å². The van der Waals surface area contributed by atoms with E-state index in [4.69, 9.17) is 4.74 Å². The SMILES string of the molecule is Cc1ccc(-c2cc(O)c3c(c2)CN(C(=O)CN2CCCC2=O)CCO3)s1. The van der Waals surface area contributed by atoms with Crippen molar-refractivity contribution in [1.82, 2.24) is 9.80 Å². The summed E-state index contributed by atoms with van der Waals surface area (Å²) < 4.78 is 5.73. The summed E-state index contributed by atoms with van der Waals surface area (Å²) in [5.74, 6) is 0.499. The summed E-state index contributed by atoms with van der Waals surface area (Å²) in [6.45, 7) is 3.92. The summed E-state index contributed by atoms with van der Waals surface area (Å²) in [4.78, 5) is 30.1. The molecule has 1 aromatic carbocycles. The van der Waals surface area contributed by atoms with Gasteiger partial charge >= 0.3 is 0 Å². The largest absolute Gasteiger partial charge is 0.504 e. The maximum absolute atomic E-state index is 12.7. The third-order valence-corrected chi connectivity index (χ3v) is 6.04. The molecule has 0 saturated carbocycles. The second kappa shape index (κ2) is 7.23. The summed E-state index contributed by atoms with van der Waals surface area (Å²) in [6, 6.07) is 7.76. The van der Waals surface area contributed by atoms with Gasteiger partial charge in [-0.2, -0.15) is 0 Å². The predicted molar refractivity (Wildman–Crippen MR) is 103 cm³/mol. The average molecular weight is 386 g/mol. The number of carbonyl (C=O) groups excluding carboxylic acids is 2. The summed E-state index contributed by atoms with van der Waals surface area (Å²) in [5.41, 5.74) is 1.70. The van der Waals surface area contributed by atoms with Crippen molar-refractivity contribution < 1.29 is 19.4 Å². The van der Waals surface area contributed by atoms with E-state index in [0.29, 0.717) is 38.4 Å². The number of phenols is 1. The Morgan fingerprint density at radius 1 is 1.30 bits per heavy atom. The number of aromatic hydroxyl groups is 1. The highest BCUT2D eigenvalue weighted by Crippen LogP contribution is 2.39. The highest BCUT2D eigenvalue weighted by molar-refractivity contribution is 7.15. The van der Waals surface area contributed by atoms with Crippen molar-refractivity contribution in [3.63, 3.8) is 0 Å². The van der Waals surface area contributed by atoms with Crippen LogP contribution in [-0.2, 0) is 16.1 Å². The first-order valence-corrected chi connectivity index (χ1v) is 9.94. The Balaban J connectivity index is 1.58. The number of phenolic OH excluding ortho intramolecular Hbond substituents is 1. The van der Waals surface area contributed by atoms with E-state index in [2.05, 4.69) is 0 Å². The van der Waals surface area contributed by atoms with Gasteiger partial charge in [-0.3, -0.25) is 9.59 Å². The molecule has 2 amide bonds. The number of fused-ring (bicyclic) bond motifs is 1. The molecule has 0 spiro atoms. The molecular weight excluding hydrogens is 364 g/mol. The number of rotatable bonds is 3. The van der Waals surface area contributed by atoms with Crippen LogP contribution in [0.5, 0.6) is 11.5 Å². The Morgan fingerprint density at radius 2 is 2.15 bits per heavy atom. The minimum atomic E-state index is -0.0847. The number of ether oxygens (including phenoxy) is 1. The lowest BCUT2D eigenvalue weighted by atomic mass is 10.1. The maximum atomic E-state index is 12.7. The van der Waals surface area contributed by atoms with Crippen molar-refractivity contribution in [2.75, 3.05) is 26.2 Å². The van der Waals surface area contributed by atoms with Gasteiger partial charge < -0.3 is 19.6 Å². The zero-order chi connectivity index (χ0) is 19.0. The lowest BCUT2D eigenvalue weighted by Crippen LogP contribution is -2.41. The zero-order valence-corrected chi connectivity index (χ0v) is 16.1. The third-order valence-electron chi connectivity index (χ3n) is 4.99. The maximum Gasteiger partial charge on any atom is 0.242 e. The van der Waals surface area contributed by atoms with Crippen LogP contribution in [0.3, 0.4) is 0 Å². The van der Waals surface area contributed by atoms with Gasteiger partial charge in [0.1, 0.15) is 6.61 Å². The van der Waals surface area contributed by atoms with Crippen LogP contribution in [0.25, 0.3) is 10.4 Å². The minimum absolute atomic E-state index is 0.0443. The molecule has 0 bridgehead atoms. The Morgan fingerprint density at radius 3 is 2.85 bits per heavy atom. The number of hydrogen-bond acceptors (Lipinski definition) is 5. The molecule has 6 nitrogen and oxygen atoms in total. The van der Waals surface area contributed by atoms with Crippen molar-refractivity contribution in [2.45, 2.75) is 26.3 Å². The van der Waals surface area contributed by atoms with Crippen molar-refractivity contribution >= 4 is 23.2 Å². The van der Waals surface area contributed by atoms with Crippen LogP contribution in [-0.4, -0.2) is 53.0 Å². The molecule has 7 heteroatoms. The molecule has 2 aliphatic rings. The van der Waals surface area contributed by atoms with E-state index in [1.54, 1.807) is 27.2 Å². The van der Waals surface area contributed by atoms with Crippen LogP contribution in [0.4, 0.5) is 0 Å². The average Bonchev–Trinajstić information content (AvgIpc) is 3.17.